The van der Waals surface area contributed by atoms with E-state index in [4.69, 9.17) is 0 Å². The van der Waals surface area contributed by atoms with E-state index in [0.717, 1.165) is 16.8 Å². The van der Waals surface area contributed by atoms with E-state index >= 15 is 0 Å². The third-order valence-electron chi connectivity index (χ3n) is 2.30. The normalized spacial score (nSPS) is 9.56. The second-order valence-corrected chi connectivity index (χ2v) is 3.47. The first-order valence-electron chi connectivity index (χ1n) is 4.67. The fraction of sp³-hybridized carbons (Fsp3) is 0.0833. The third kappa shape index (κ3) is 2.40. The second-order valence-electron chi connectivity index (χ2n) is 3.47. The molecule has 2 rings (SSSR count). The van der Waals surface area contributed by atoms with E-state index < -0.39 is 0 Å². The van der Waals surface area contributed by atoms with Gasteiger partial charge in [-0.2, -0.15) is 17.1 Å². The fourth-order valence-corrected chi connectivity index (χ4v) is 1.43. The van der Waals surface area contributed by atoms with Gasteiger partial charge in [0, 0.05) is 27.2 Å². The van der Waals surface area contributed by atoms with Crippen LogP contribution in [0.25, 0.3) is 5.70 Å². The van der Waals surface area contributed by atoms with Crippen molar-refractivity contribution in [3.8, 4) is 0 Å². The Morgan fingerprint density at radius 1 is 1.50 bits per heavy atom. The number of nitrogens with zero attached hydrogens (tertiary/aromatic N) is 3. The molecule has 2 aromatic rings. The Bertz CT molecular complexity index is 502. The zero-order valence-electron chi connectivity index (χ0n) is 9.05. The van der Waals surface area contributed by atoms with Crippen LogP contribution in [-0.4, -0.2) is 14.1 Å². The predicted octanol–water partition coefficient (Wildman–Crippen LogP) is 2.20. The van der Waals surface area contributed by atoms with Gasteiger partial charge in [0.15, 0.2) is 6.33 Å². The average Bonchev–Trinajstić information content (AvgIpc) is 2.65. The summed E-state index contributed by atoms with van der Waals surface area (Å²) in [6.07, 6.45) is 9.38. The Morgan fingerprint density at radius 2 is 2.25 bits per heavy atom. The van der Waals surface area contributed by atoms with E-state index in [1.54, 1.807) is 12.4 Å². The first-order chi connectivity index (χ1) is 7.18. The summed E-state index contributed by atoms with van der Waals surface area (Å²) < 4.78 is 3.91. The van der Waals surface area contributed by atoms with E-state index in [1.807, 2.05) is 41.0 Å². The maximum absolute atomic E-state index is 4.08. The van der Waals surface area contributed by atoms with Crippen molar-refractivity contribution in [1.82, 2.24) is 14.1 Å². The molecular weight excluding hydrogens is 378 g/mol. The molecule has 0 fully saturated rings. The number of rotatable bonds is 2. The van der Waals surface area contributed by atoms with Crippen LogP contribution in [0.1, 0.15) is 11.1 Å². The average molecular weight is 391 g/mol. The molecule has 0 aliphatic rings. The van der Waals surface area contributed by atoms with Crippen LogP contribution in [0.5, 0.6) is 0 Å². The van der Waals surface area contributed by atoms with Crippen molar-refractivity contribution in [3.63, 3.8) is 0 Å². The molecule has 0 aliphatic heterocycles. The number of pyridine rings is 1. The summed E-state index contributed by atoms with van der Waals surface area (Å²) in [4.78, 5) is 4.08. The molecule has 0 N–H and O–H groups in total. The van der Waals surface area contributed by atoms with Crippen LogP contribution in [0.15, 0.2) is 43.8 Å². The molecule has 0 aliphatic carbocycles. The van der Waals surface area contributed by atoms with Gasteiger partial charge in [0.05, 0.1) is 5.70 Å². The van der Waals surface area contributed by atoms with E-state index in [9.17, 15) is 0 Å². The van der Waals surface area contributed by atoms with Gasteiger partial charge in [0.1, 0.15) is 12.4 Å². The van der Waals surface area contributed by atoms with E-state index in [0.29, 0.717) is 0 Å². The molecule has 0 saturated carbocycles. The summed E-state index contributed by atoms with van der Waals surface area (Å²) in [5, 5.41) is 0. The zero-order valence-corrected chi connectivity index (χ0v) is 11.4. The minimum absolute atomic E-state index is 0. The quantitative estimate of drug-likeness (QED) is 0.720. The molecule has 0 bridgehead atoms. The van der Waals surface area contributed by atoms with Gasteiger partial charge in [-0.1, -0.05) is 0 Å². The third-order valence-corrected chi connectivity index (χ3v) is 2.30. The fourth-order valence-electron chi connectivity index (χ4n) is 1.43. The molecule has 0 atom stereocenters. The van der Waals surface area contributed by atoms with Gasteiger partial charge in [-0.15, -0.1) is 6.07 Å². The Balaban J connectivity index is 0.00000128. The molecule has 0 amide bonds. The number of hydrogen-bond acceptors (Lipinski definition) is 1. The molecule has 0 saturated heterocycles. The predicted molar refractivity (Wildman–Crippen MR) is 60.9 cm³/mol. The summed E-state index contributed by atoms with van der Waals surface area (Å²) in [6.45, 7) is 7.99. The van der Waals surface area contributed by atoms with Crippen molar-refractivity contribution >= 4 is 5.70 Å². The van der Waals surface area contributed by atoms with Gasteiger partial charge in [0.25, 0.3) is 0 Å². The first kappa shape index (κ1) is 12.7. The van der Waals surface area contributed by atoms with Crippen LogP contribution in [-0.2, 0) is 27.2 Å². The number of imidazole rings is 1. The van der Waals surface area contributed by atoms with Crippen LogP contribution in [0.2, 0.25) is 0 Å². The molecule has 16 heavy (non-hydrogen) atoms. The number of hydrogen-bond donors (Lipinski definition) is 0. The van der Waals surface area contributed by atoms with Crippen molar-refractivity contribution in [3.05, 3.63) is 61.8 Å². The zero-order chi connectivity index (χ0) is 10.8. The van der Waals surface area contributed by atoms with Crippen molar-refractivity contribution in [2.24, 2.45) is 7.05 Å². The summed E-state index contributed by atoms with van der Waals surface area (Å²) in [6, 6.07) is 1.88. The smallest absolute Gasteiger partial charge is 0.164 e. The molecule has 0 unspecified atom stereocenters. The van der Waals surface area contributed by atoms with Gasteiger partial charge in [0.2, 0.25) is 0 Å². The Kier molecular flexibility index (Phi) is 4.05. The van der Waals surface area contributed by atoms with Crippen molar-refractivity contribution in [1.29, 1.82) is 0 Å². The molecule has 0 spiro atoms. The number of aromatic nitrogens is 3. The molecule has 1 radical (unpaired) electrons. The minimum atomic E-state index is 0. The van der Waals surface area contributed by atoms with Gasteiger partial charge >= 0.3 is 0 Å². The van der Waals surface area contributed by atoms with E-state index in [-0.39, 0.29) is 20.1 Å². The molecular formula is C12H13IrN3. The van der Waals surface area contributed by atoms with Crippen molar-refractivity contribution in [2.45, 2.75) is 0 Å². The Morgan fingerprint density at radius 3 is 2.81 bits per heavy atom. The van der Waals surface area contributed by atoms with Crippen LogP contribution >= 0.6 is 0 Å². The van der Waals surface area contributed by atoms with Crippen molar-refractivity contribution < 1.29 is 20.1 Å². The molecule has 2 heterocycles. The van der Waals surface area contributed by atoms with E-state index in [2.05, 4.69) is 18.5 Å². The molecule has 4 heteroatoms. The maximum Gasteiger partial charge on any atom is 0.164 e. The molecule has 3 nitrogen and oxygen atoms in total. The molecule has 0 aromatic carbocycles. The minimum Gasteiger partial charge on any atom is -0.289 e. The summed E-state index contributed by atoms with van der Waals surface area (Å²) in [5.74, 6) is 0. The monoisotopic (exact) mass is 392 g/mol. The van der Waals surface area contributed by atoms with Gasteiger partial charge in [-0.3, -0.25) is 9.55 Å². The first-order valence-corrected chi connectivity index (χ1v) is 4.67. The standard InChI is InChI=1S/C12H13N3.Ir/c1-10-4-5-13-8-12(10)11(2)15-7-6-14(3)9-15;/h4-9H,1-2H2,3H3;. The Labute approximate surface area is 109 Å². The number of aryl methyl sites for hydroxylation is 1. The van der Waals surface area contributed by atoms with Gasteiger partial charge < -0.3 is 0 Å². The summed E-state index contributed by atoms with van der Waals surface area (Å²) in [5.41, 5.74) is 2.79. The van der Waals surface area contributed by atoms with Gasteiger partial charge in [-0.25, -0.2) is 0 Å². The topological polar surface area (TPSA) is 22.8 Å². The van der Waals surface area contributed by atoms with Crippen LogP contribution in [0.3, 0.4) is 0 Å². The van der Waals surface area contributed by atoms with Crippen LogP contribution in [0, 0.1) is 6.92 Å². The molecule has 85 valence electrons. The maximum atomic E-state index is 4.08. The summed E-state index contributed by atoms with van der Waals surface area (Å²) >= 11 is 0. The second kappa shape index (κ2) is 5.10. The van der Waals surface area contributed by atoms with Crippen molar-refractivity contribution in [2.75, 3.05) is 0 Å². The molecule has 2 aromatic heterocycles. The summed E-state index contributed by atoms with van der Waals surface area (Å²) in [7, 11) is 1.97. The van der Waals surface area contributed by atoms with E-state index in [1.165, 1.54) is 0 Å². The largest absolute Gasteiger partial charge is 0.289 e. The Hall–Kier alpha value is -1.38. The van der Waals surface area contributed by atoms with Crippen LogP contribution < -0.4 is 0 Å². The van der Waals surface area contributed by atoms with Crippen LogP contribution in [0.4, 0.5) is 0 Å². The SMILES string of the molecule is C=C(c1cnccc1[CH2-])n1ccn(C)[cH+]1.[Ir]. The van der Waals surface area contributed by atoms with Gasteiger partial charge in [-0.05, 0) is 24.5 Å².